The van der Waals surface area contributed by atoms with Gasteiger partial charge in [0.05, 0.1) is 12.2 Å². The number of aliphatic hydroxyl groups is 1. The monoisotopic (exact) mass is 341 g/mol. The molecule has 132 valence electrons. The summed E-state index contributed by atoms with van der Waals surface area (Å²) in [5.74, 6) is 1.02. The minimum Gasteiger partial charge on any atom is -0.491 e. The van der Waals surface area contributed by atoms with Crippen LogP contribution in [0.2, 0.25) is 0 Å². The minimum atomic E-state index is -0.918. The zero-order valence-corrected chi connectivity index (χ0v) is 15.0. The molecular weight excluding hydrogens is 318 g/mol. The lowest BCUT2D eigenvalue weighted by Crippen LogP contribution is -2.34. The van der Waals surface area contributed by atoms with Crippen molar-refractivity contribution in [2.45, 2.75) is 46.3 Å². The summed E-state index contributed by atoms with van der Waals surface area (Å²) in [4.78, 5) is 12.3. The van der Waals surface area contributed by atoms with Crippen LogP contribution in [0.25, 0.3) is 0 Å². The van der Waals surface area contributed by atoms with E-state index in [4.69, 9.17) is 10.00 Å². The van der Waals surface area contributed by atoms with Gasteiger partial charge in [-0.1, -0.05) is 32.0 Å². The third-order valence-electron chi connectivity index (χ3n) is 4.10. The summed E-state index contributed by atoms with van der Waals surface area (Å²) in [6.45, 7) is 7.56. The van der Waals surface area contributed by atoms with Crippen molar-refractivity contribution in [3.05, 3.63) is 57.0 Å². The van der Waals surface area contributed by atoms with E-state index in [2.05, 4.69) is 18.9 Å². The smallest absolute Gasteiger partial charge is 0.285 e. The fourth-order valence-electron chi connectivity index (χ4n) is 2.55. The molecule has 0 amide bonds. The van der Waals surface area contributed by atoms with Gasteiger partial charge in [-0.05, 0) is 37.0 Å². The predicted octanol–water partition coefficient (Wildman–Crippen LogP) is 2.30. The lowest BCUT2D eigenvalue weighted by molar-refractivity contribution is 0.0872. The highest BCUT2D eigenvalue weighted by Crippen LogP contribution is 2.25. The molecule has 1 aromatic heterocycles. The van der Waals surface area contributed by atoms with Crippen LogP contribution in [0.5, 0.6) is 5.75 Å². The van der Waals surface area contributed by atoms with Gasteiger partial charge in [-0.25, -0.2) is 4.68 Å². The maximum atomic E-state index is 12.3. The summed E-state index contributed by atoms with van der Waals surface area (Å²) >= 11 is 0. The number of ether oxygens (including phenoxy) is 1. The first-order chi connectivity index (χ1) is 11.8. The van der Waals surface area contributed by atoms with Crippen LogP contribution >= 0.6 is 0 Å². The molecule has 0 radical (unpaired) electrons. The second kappa shape index (κ2) is 7.95. The Morgan fingerprint density at radius 3 is 2.64 bits per heavy atom. The van der Waals surface area contributed by atoms with Crippen molar-refractivity contribution in [1.82, 2.24) is 9.78 Å². The molecule has 1 N–H and O–H groups in total. The van der Waals surface area contributed by atoms with Crippen LogP contribution in [0.1, 0.15) is 42.1 Å². The molecule has 0 bridgehead atoms. The number of rotatable bonds is 6. The van der Waals surface area contributed by atoms with Crippen LogP contribution < -0.4 is 10.3 Å². The van der Waals surface area contributed by atoms with Crippen LogP contribution in [-0.2, 0) is 6.54 Å². The summed E-state index contributed by atoms with van der Waals surface area (Å²) in [6, 6.07) is 9.58. The molecule has 0 aliphatic heterocycles. The Morgan fingerprint density at radius 1 is 1.32 bits per heavy atom. The van der Waals surface area contributed by atoms with E-state index in [9.17, 15) is 9.90 Å². The molecule has 1 heterocycles. The van der Waals surface area contributed by atoms with Crippen LogP contribution in [0.4, 0.5) is 0 Å². The zero-order chi connectivity index (χ0) is 18.6. The summed E-state index contributed by atoms with van der Waals surface area (Å²) in [5, 5.41) is 23.5. The maximum absolute atomic E-state index is 12.3. The fraction of sp³-hybridized carbons (Fsp3) is 0.421. The summed E-state index contributed by atoms with van der Waals surface area (Å²) in [5.41, 5.74) is 1.79. The minimum absolute atomic E-state index is 0.0293. The van der Waals surface area contributed by atoms with Gasteiger partial charge in [-0.3, -0.25) is 4.79 Å². The number of hydrogen-bond acceptors (Lipinski definition) is 5. The van der Waals surface area contributed by atoms with Crippen molar-refractivity contribution in [3.8, 4) is 11.8 Å². The van der Waals surface area contributed by atoms with Gasteiger partial charge in [-0.15, -0.1) is 0 Å². The van der Waals surface area contributed by atoms with Crippen molar-refractivity contribution in [1.29, 1.82) is 5.26 Å². The summed E-state index contributed by atoms with van der Waals surface area (Å²) in [6.07, 6.45) is -0.918. The highest BCUT2D eigenvalue weighted by molar-refractivity contribution is 5.36. The number of aryl methyl sites for hydroxylation is 1. The quantitative estimate of drug-likeness (QED) is 0.871. The Kier molecular flexibility index (Phi) is 5.94. The Hall–Kier alpha value is -2.65. The second-order valence-electron chi connectivity index (χ2n) is 6.34. The van der Waals surface area contributed by atoms with E-state index < -0.39 is 11.7 Å². The van der Waals surface area contributed by atoms with Gasteiger partial charge in [0.15, 0.2) is 0 Å². The Bertz CT molecular complexity index is 850. The first-order valence-electron chi connectivity index (χ1n) is 8.23. The standard InChI is InChI=1S/C19H23N3O3/c1-12(2)16-7-5-6-8-18(16)25-11-15(23)10-22-19(24)17(9-20)13(3)14(4)21-22/h5-8,12,15,23H,10-11H2,1-4H3/t15-/m1/s1. The van der Waals surface area contributed by atoms with E-state index in [0.717, 1.165) is 16.0 Å². The average Bonchev–Trinajstić information content (AvgIpc) is 2.58. The Balaban J connectivity index is 2.12. The fourth-order valence-corrected chi connectivity index (χ4v) is 2.55. The van der Waals surface area contributed by atoms with Crippen LogP contribution in [0, 0.1) is 25.2 Å². The zero-order valence-electron chi connectivity index (χ0n) is 15.0. The number of aliphatic hydroxyl groups excluding tert-OH is 1. The molecule has 0 aliphatic carbocycles. The van der Waals surface area contributed by atoms with Crippen LogP contribution in [-0.4, -0.2) is 27.6 Å². The van der Waals surface area contributed by atoms with Gasteiger partial charge >= 0.3 is 0 Å². The molecule has 0 aliphatic rings. The molecule has 25 heavy (non-hydrogen) atoms. The van der Waals surface area contributed by atoms with E-state index in [1.165, 1.54) is 0 Å². The molecule has 2 aromatic rings. The van der Waals surface area contributed by atoms with E-state index in [-0.39, 0.29) is 18.7 Å². The van der Waals surface area contributed by atoms with Crippen LogP contribution in [0.15, 0.2) is 29.1 Å². The van der Waals surface area contributed by atoms with Gasteiger partial charge in [-0.2, -0.15) is 10.4 Å². The van der Waals surface area contributed by atoms with E-state index in [0.29, 0.717) is 17.2 Å². The molecule has 0 fully saturated rings. The third-order valence-corrected chi connectivity index (χ3v) is 4.10. The molecule has 1 atom stereocenters. The Labute approximate surface area is 147 Å². The molecule has 0 saturated carbocycles. The largest absolute Gasteiger partial charge is 0.491 e. The maximum Gasteiger partial charge on any atom is 0.285 e. The predicted molar refractivity (Wildman–Crippen MR) is 94.7 cm³/mol. The van der Waals surface area contributed by atoms with Crippen molar-refractivity contribution in [2.24, 2.45) is 0 Å². The lowest BCUT2D eigenvalue weighted by Gasteiger charge is -2.17. The van der Waals surface area contributed by atoms with Gasteiger partial charge in [0, 0.05) is 0 Å². The SMILES string of the molecule is Cc1nn(C[C@@H](O)COc2ccccc2C(C)C)c(=O)c(C#N)c1C. The first-order valence-corrected chi connectivity index (χ1v) is 8.23. The molecule has 0 unspecified atom stereocenters. The molecule has 6 heteroatoms. The highest BCUT2D eigenvalue weighted by atomic mass is 16.5. The highest BCUT2D eigenvalue weighted by Gasteiger charge is 2.15. The molecule has 0 saturated heterocycles. The van der Waals surface area contributed by atoms with E-state index in [1.54, 1.807) is 13.8 Å². The number of hydrogen-bond donors (Lipinski definition) is 1. The van der Waals surface area contributed by atoms with Gasteiger partial charge in [0.25, 0.3) is 5.56 Å². The van der Waals surface area contributed by atoms with Crippen molar-refractivity contribution in [3.63, 3.8) is 0 Å². The van der Waals surface area contributed by atoms with E-state index in [1.807, 2.05) is 30.3 Å². The number of aromatic nitrogens is 2. The van der Waals surface area contributed by atoms with E-state index >= 15 is 0 Å². The molecule has 1 aromatic carbocycles. The molecule has 0 spiro atoms. The van der Waals surface area contributed by atoms with Crippen LogP contribution in [0.3, 0.4) is 0 Å². The topological polar surface area (TPSA) is 88.1 Å². The normalized spacial score (nSPS) is 12.0. The van der Waals surface area contributed by atoms with Gasteiger partial charge < -0.3 is 9.84 Å². The number of para-hydroxylation sites is 1. The van der Waals surface area contributed by atoms with Crippen molar-refractivity contribution in [2.75, 3.05) is 6.61 Å². The van der Waals surface area contributed by atoms with Gasteiger partial charge in [0.2, 0.25) is 0 Å². The summed E-state index contributed by atoms with van der Waals surface area (Å²) < 4.78 is 6.85. The van der Waals surface area contributed by atoms with Crippen molar-refractivity contribution < 1.29 is 9.84 Å². The third kappa shape index (κ3) is 4.25. The molecular formula is C19H23N3O3. The number of benzene rings is 1. The Morgan fingerprint density at radius 2 is 2.00 bits per heavy atom. The van der Waals surface area contributed by atoms with Gasteiger partial charge in [0.1, 0.15) is 30.1 Å². The second-order valence-corrected chi connectivity index (χ2v) is 6.34. The average molecular weight is 341 g/mol. The lowest BCUT2D eigenvalue weighted by atomic mass is 10.0. The molecule has 6 nitrogen and oxygen atoms in total. The number of nitriles is 1. The summed E-state index contributed by atoms with van der Waals surface area (Å²) in [7, 11) is 0. The number of nitrogens with zero attached hydrogens (tertiary/aromatic N) is 3. The first kappa shape index (κ1) is 18.7. The molecule has 2 rings (SSSR count). The van der Waals surface area contributed by atoms with Crippen molar-refractivity contribution >= 4 is 0 Å².